The van der Waals surface area contributed by atoms with E-state index in [2.05, 4.69) is 25.8 Å². The molecule has 3 aliphatic rings. The molecule has 5 rings (SSSR count). The molecule has 3 saturated heterocycles. The van der Waals surface area contributed by atoms with Gasteiger partial charge in [0.05, 0.1) is 18.2 Å². The number of carbonyl (C=O) groups is 1. The fourth-order valence-corrected chi connectivity index (χ4v) is 4.29. The van der Waals surface area contributed by atoms with Gasteiger partial charge < -0.3 is 10.6 Å². The van der Waals surface area contributed by atoms with Crippen molar-refractivity contribution in [2.24, 2.45) is 11.8 Å². The van der Waals surface area contributed by atoms with E-state index in [1.165, 1.54) is 0 Å². The van der Waals surface area contributed by atoms with Crippen molar-refractivity contribution in [2.45, 2.75) is 32.0 Å². The van der Waals surface area contributed by atoms with Gasteiger partial charge in [-0.3, -0.25) is 14.4 Å². The summed E-state index contributed by atoms with van der Waals surface area (Å²) < 4.78 is 1.94. The van der Waals surface area contributed by atoms with Gasteiger partial charge in [0.1, 0.15) is 0 Å². The molecule has 2 bridgehead atoms. The van der Waals surface area contributed by atoms with Crippen molar-refractivity contribution >= 4 is 11.6 Å². The Hall–Kier alpha value is -2.25. The monoisotopic (exact) mass is 354 g/mol. The van der Waals surface area contributed by atoms with E-state index in [4.69, 9.17) is 0 Å². The summed E-state index contributed by atoms with van der Waals surface area (Å²) in [7, 11) is 1.91. The number of rotatable bonds is 6. The van der Waals surface area contributed by atoms with E-state index in [9.17, 15) is 4.79 Å². The molecule has 26 heavy (non-hydrogen) atoms. The lowest BCUT2D eigenvalue weighted by Gasteiger charge is -2.49. The predicted molar refractivity (Wildman–Crippen MR) is 99.4 cm³/mol. The summed E-state index contributed by atoms with van der Waals surface area (Å²) in [5.41, 5.74) is 1.84. The third kappa shape index (κ3) is 3.64. The molecular formula is C19H26N6O. The highest BCUT2D eigenvalue weighted by atomic mass is 16.2. The van der Waals surface area contributed by atoms with Crippen LogP contribution in [0.1, 0.15) is 18.5 Å². The number of aromatic nitrogens is 3. The molecular weight excluding hydrogens is 328 g/mol. The first-order valence-corrected chi connectivity index (χ1v) is 9.36. The third-order valence-electron chi connectivity index (χ3n) is 5.60. The third-order valence-corrected chi connectivity index (χ3v) is 5.60. The highest BCUT2D eigenvalue weighted by Crippen LogP contribution is 2.37. The van der Waals surface area contributed by atoms with E-state index in [1.54, 1.807) is 0 Å². The predicted octanol–water partition coefficient (Wildman–Crippen LogP) is 1.35. The van der Waals surface area contributed by atoms with Crippen molar-refractivity contribution in [3.8, 4) is 0 Å². The second kappa shape index (κ2) is 7.55. The van der Waals surface area contributed by atoms with Crippen LogP contribution >= 0.6 is 0 Å². The van der Waals surface area contributed by atoms with Gasteiger partial charge in [0.25, 0.3) is 0 Å². The van der Waals surface area contributed by atoms with Gasteiger partial charge in [-0.1, -0.05) is 23.4 Å². The molecule has 1 amide bonds. The maximum Gasteiger partial charge on any atom is 0.229 e. The molecule has 4 heterocycles. The first kappa shape index (κ1) is 17.2. The average molecular weight is 354 g/mol. The van der Waals surface area contributed by atoms with E-state index in [1.807, 2.05) is 48.3 Å². The minimum atomic E-state index is 0.0794. The normalized spacial score (nSPS) is 27.4. The quantitative estimate of drug-likeness (QED) is 0.819. The van der Waals surface area contributed by atoms with Crippen LogP contribution in [0.3, 0.4) is 0 Å². The fourth-order valence-electron chi connectivity index (χ4n) is 4.29. The SMILES string of the molecule is CNCc1cn(C[C@H]2C[C@@H]3CCN2C[C@@H]3C(=O)Nc2ccccc2)nn1. The lowest BCUT2D eigenvalue weighted by molar-refractivity contribution is -0.127. The Morgan fingerprint density at radius 1 is 1.31 bits per heavy atom. The minimum Gasteiger partial charge on any atom is -0.326 e. The number of nitrogens with one attached hydrogen (secondary N) is 2. The van der Waals surface area contributed by atoms with Crippen molar-refractivity contribution in [1.29, 1.82) is 0 Å². The number of anilines is 1. The van der Waals surface area contributed by atoms with Crippen molar-refractivity contribution in [3.63, 3.8) is 0 Å². The molecule has 0 spiro atoms. The van der Waals surface area contributed by atoms with E-state index >= 15 is 0 Å². The van der Waals surface area contributed by atoms with Crippen molar-refractivity contribution in [1.82, 2.24) is 25.2 Å². The van der Waals surface area contributed by atoms with E-state index in [0.717, 1.165) is 50.4 Å². The largest absolute Gasteiger partial charge is 0.326 e. The van der Waals surface area contributed by atoms with Crippen LogP contribution in [0.4, 0.5) is 5.69 Å². The second-order valence-corrected chi connectivity index (χ2v) is 7.36. The highest BCUT2D eigenvalue weighted by Gasteiger charge is 2.43. The topological polar surface area (TPSA) is 75.1 Å². The number of amides is 1. The number of piperidine rings is 3. The molecule has 138 valence electrons. The van der Waals surface area contributed by atoms with E-state index < -0.39 is 0 Å². The van der Waals surface area contributed by atoms with Crippen molar-refractivity contribution in [3.05, 3.63) is 42.2 Å². The average Bonchev–Trinajstić information content (AvgIpc) is 3.10. The number of benzene rings is 1. The molecule has 3 fully saturated rings. The fraction of sp³-hybridized carbons (Fsp3) is 0.526. The van der Waals surface area contributed by atoms with Crippen LogP contribution in [-0.4, -0.2) is 52.0 Å². The number of para-hydroxylation sites is 1. The van der Waals surface area contributed by atoms with Gasteiger partial charge in [-0.25, -0.2) is 0 Å². The summed E-state index contributed by atoms with van der Waals surface area (Å²) in [6.07, 6.45) is 4.17. The minimum absolute atomic E-state index is 0.0794. The van der Waals surface area contributed by atoms with Crippen LogP contribution < -0.4 is 10.6 Å². The van der Waals surface area contributed by atoms with Gasteiger partial charge in [0.15, 0.2) is 0 Å². The highest BCUT2D eigenvalue weighted by molar-refractivity contribution is 5.93. The van der Waals surface area contributed by atoms with Crippen LogP contribution in [-0.2, 0) is 17.9 Å². The smallest absolute Gasteiger partial charge is 0.229 e. The maximum absolute atomic E-state index is 12.7. The molecule has 0 saturated carbocycles. The zero-order valence-electron chi connectivity index (χ0n) is 15.1. The van der Waals surface area contributed by atoms with Gasteiger partial charge in [0.2, 0.25) is 5.91 Å². The molecule has 7 heteroatoms. The number of nitrogens with zero attached hydrogens (tertiary/aromatic N) is 4. The first-order valence-electron chi connectivity index (χ1n) is 9.36. The standard InChI is InChI=1S/C19H26N6O/c1-20-10-16-11-25(23-22-16)12-17-9-14-7-8-24(17)13-18(14)19(26)21-15-5-3-2-4-6-15/h2-6,11,14,17-18,20H,7-10,12-13H2,1H3,(H,21,26)/t14-,17+,18-/m0/s1. The van der Waals surface area contributed by atoms with Gasteiger partial charge >= 0.3 is 0 Å². The summed E-state index contributed by atoms with van der Waals surface area (Å²) in [6, 6.07) is 10.2. The Kier molecular flexibility index (Phi) is 4.99. The molecule has 0 radical (unpaired) electrons. The first-order chi connectivity index (χ1) is 12.7. The Balaban J connectivity index is 1.37. The number of hydrogen-bond acceptors (Lipinski definition) is 5. The van der Waals surface area contributed by atoms with Crippen molar-refractivity contribution < 1.29 is 4.79 Å². The van der Waals surface area contributed by atoms with Crippen LogP contribution in [0.2, 0.25) is 0 Å². The Morgan fingerprint density at radius 3 is 2.88 bits per heavy atom. The van der Waals surface area contributed by atoms with Crippen molar-refractivity contribution in [2.75, 3.05) is 25.5 Å². The molecule has 1 aromatic carbocycles. The van der Waals surface area contributed by atoms with Crippen LogP contribution in [0, 0.1) is 11.8 Å². The number of carbonyl (C=O) groups excluding carboxylic acids is 1. The van der Waals surface area contributed by atoms with Crippen LogP contribution in [0.5, 0.6) is 0 Å². The summed E-state index contributed by atoms with van der Waals surface area (Å²) in [5.74, 6) is 0.686. The molecule has 3 aliphatic heterocycles. The zero-order valence-corrected chi connectivity index (χ0v) is 15.1. The molecule has 1 unspecified atom stereocenters. The Bertz CT molecular complexity index is 745. The summed E-state index contributed by atoms with van der Waals surface area (Å²) >= 11 is 0. The molecule has 0 aliphatic carbocycles. The lowest BCUT2D eigenvalue weighted by atomic mass is 9.75. The van der Waals surface area contributed by atoms with Crippen LogP contribution in [0.25, 0.3) is 0 Å². The molecule has 4 atom stereocenters. The number of fused-ring (bicyclic) bond motifs is 3. The summed E-state index contributed by atoms with van der Waals surface area (Å²) in [4.78, 5) is 15.2. The zero-order chi connectivity index (χ0) is 17.9. The molecule has 2 aromatic rings. The Morgan fingerprint density at radius 2 is 2.15 bits per heavy atom. The number of hydrogen-bond donors (Lipinski definition) is 2. The molecule has 7 nitrogen and oxygen atoms in total. The van der Waals surface area contributed by atoms with Gasteiger partial charge in [-0.2, -0.15) is 0 Å². The van der Waals surface area contributed by atoms with E-state index in [-0.39, 0.29) is 11.8 Å². The van der Waals surface area contributed by atoms with Gasteiger partial charge in [-0.05, 0) is 44.5 Å². The molecule has 1 aromatic heterocycles. The van der Waals surface area contributed by atoms with E-state index in [0.29, 0.717) is 12.0 Å². The summed E-state index contributed by atoms with van der Waals surface area (Å²) in [6.45, 7) is 3.49. The summed E-state index contributed by atoms with van der Waals surface area (Å²) in [5, 5.41) is 14.6. The van der Waals surface area contributed by atoms with Gasteiger partial charge in [-0.15, -0.1) is 5.10 Å². The lowest BCUT2D eigenvalue weighted by Crippen LogP contribution is -2.57. The molecule has 2 N–H and O–H groups in total. The maximum atomic E-state index is 12.7. The second-order valence-electron chi connectivity index (χ2n) is 7.36. The Labute approximate surface area is 153 Å². The van der Waals surface area contributed by atoms with Gasteiger partial charge in [0, 0.05) is 31.0 Å². The van der Waals surface area contributed by atoms with Crippen LogP contribution in [0.15, 0.2) is 36.5 Å².